The number of nitrogens with two attached hydrogens (primary N) is 1. The number of carbonyl (C=O) groups is 2. The van der Waals surface area contributed by atoms with Gasteiger partial charge < -0.3 is 20.9 Å². The number of carbonyl (C=O) groups excluding carboxylic acids is 2. The topological polar surface area (TPSA) is 79.9 Å². The summed E-state index contributed by atoms with van der Waals surface area (Å²) in [6, 6.07) is 8.10. The molecule has 130 valence electrons. The lowest BCUT2D eigenvalue weighted by molar-refractivity contribution is -0.897. The van der Waals surface area contributed by atoms with Crippen molar-refractivity contribution in [1.82, 2.24) is 0 Å². The minimum absolute atomic E-state index is 0.0186. The van der Waals surface area contributed by atoms with Crippen molar-refractivity contribution in [2.45, 2.75) is 25.7 Å². The molecule has 6 heteroatoms. The van der Waals surface area contributed by atoms with E-state index in [1.807, 2.05) is 12.1 Å². The molecule has 2 heterocycles. The summed E-state index contributed by atoms with van der Waals surface area (Å²) in [7, 11) is 0. The van der Waals surface area contributed by atoms with Crippen LogP contribution in [0, 0.1) is 5.92 Å². The molecule has 2 fully saturated rings. The minimum Gasteiger partial charge on any atom is -0.372 e. The number of hydrogen-bond donors (Lipinski definition) is 3. The molecule has 2 saturated heterocycles. The van der Waals surface area contributed by atoms with Crippen molar-refractivity contribution >= 4 is 23.2 Å². The number of quaternary nitrogens is 1. The molecule has 4 N–H and O–H groups in total. The Bertz CT molecular complexity index is 573. The van der Waals surface area contributed by atoms with E-state index in [2.05, 4.69) is 22.3 Å². The van der Waals surface area contributed by atoms with E-state index in [1.54, 1.807) is 0 Å². The number of benzene rings is 1. The second kappa shape index (κ2) is 7.66. The van der Waals surface area contributed by atoms with Crippen LogP contribution in [0.2, 0.25) is 0 Å². The maximum Gasteiger partial charge on any atom is 0.279 e. The fourth-order valence-electron chi connectivity index (χ4n) is 3.65. The van der Waals surface area contributed by atoms with Crippen molar-refractivity contribution in [2.24, 2.45) is 11.7 Å². The SMILES string of the molecule is NC(=O)C1CC[NH+](CC(=O)Nc2ccc(N3CCCC3)cc2)CC1. The van der Waals surface area contributed by atoms with Gasteiger partial charge in [-0.3, -0.25) is 9.59 Å². The molecule has 0 aliphatic carbocycles. The van der Waals surface area contributed by atoms with Crippen molar-refractivity contribution in [3.05, 3.63) is 24.3 Å². The molecule has 0 saturated carbocycles. The van der Waals surface area contributed by atoms with Crippen molar-refractivity contribution in [1.29, 1.82) is 0 Å². The summed E-state index contributed by atoms with van der Waals surface area (Å²) in [6.45, 7) is 4.34. The van der Waals surface area contributed by atoms with Gasteiger partial charge in [0.05, 0.1) is 13.1 Å². The summed E-state index contributed by atoms with van der Waals surface area (Å²) >= 11 is 0. The third kappa shape index (κ3) is 4.26. The summed E-state index contributed by atoms with van der Waals surface area (Å²) in [5, 5.41) is 2.97. The van der Waals surface area contributed by atoms with Crippen LogP contribution in [0.3, 0.4) is 0 Å². The van der Waals surface area contributed by atoms with E-state index in [9.17, 15) is 9.59 Å². The minimum atomic E-state index is -0.211. The monoisotopic (exact) mass is 331 g/mol. The Labute approximate surface area is 143 Å². The predicted octanol–water partition coefficient (Wildman–Crippen LogP) is 0.00550. The molecule has 1 aromatic carbocycles. The molecule has 1 aromatic rings. The second-order valence-electron chi connectivity index (χ2n) is 6.89. The van der Waals surface area contributed by atoms with E-state index in [0.29, 0.717) is 6.54 Å². The molecule has 2 amide bonds. The van der Waals surface area contributed by atoms with E-state index >= 15 is 0 Å². The third-order valence-electron chi connectivity index (χ3n) is 5.13. The molecular formula is C18H27N4O2+. The molecule has 2 aliphatic heterocycles. The largest absolute Gasteiger partial charge is 0.372 e. The average molecular weight is 331 g/mol. The smallest absolute Gasteiger partial charge is 0.279 e. The van der Waals surface area contributed by atoms with Gasteiger partial charge in [-0.15, -0.1) is 0 Å². The highest BCUT2D eigenvalue weighted by Gasteiger charge is 2.27. The summed E-state index contributed by atoms with van der Waals surface area (Å²) in [6.07, 6.45) is 4.08. The van der Waals surface area contributed by atoms with E-state index in [-0.39, 0.29) is 17.7 Å². The van der Waals surface area contributed by atoms with Crippen LogP contribution in [0.25, 0.3) is 0 Å². The highest BCUT2D eigenvalue weighted by Crippen LogP contribution is 2.21. The van der Waals surface area contributed by atoms with Gasteiger partial charge in [0.15, 0.2) is 6.54 Å². The fraction of sp³-hybridized carbons (Fsp3) is 0.556. The first-order chi connectivity index (χ1) is 11.6. The summed E-state index contributed by atoms with van der Waals surface area (Å²) in [5.74, 6) is -0.206. The number of primary amides is 1. The van der Waals surface area contributed by atoms with Crippen LogP contribution < -0.4 is 20.9 Å². The van der Waals surface area contributed by atoms with Crippen LogP contribution in [0.4, 0.5) is 11.4 Å². The highest BCUT2D eigenvalue weighted by molar-refractivity contribution is 5.91. The molecule has 6 nitrogen and oxygen atoms in total. The Morgan fingerprint density at radius 2 is 1.75 bits per heavy atom. The van der Waals surface area contributed by atoms with E-state index in [4.69, 9.17) is 5.73 Å². The zero-order chi connectivity index (χ0) is 16.9. The maximum atomic E-state index is 12.2. The van der Waals surface area contributed by atoms with Gasteiger partial charge in [0.25, 0.3) is 5.91 Å². The van der Waals surface area contributed by atoms with Crippen LogP contribution in [-0.2, 0) is 9.59 Å². The predicted molar refractivity (Wildman–Crippen MR) is 94.0 cm³/mol. The lowest BCUT2D eigenvalue weighted by Gasteiger charge is -2.27. The van der Waals surface area contributed by atoms with Gasteiger partial charge in [-0.1, -0.05) is 0 Å². The second-order valence-corrected chi connectivity index (χ2v) is 6.89. The Hall–Kier alpha value is -2.08. The zero-order valence-corrected chi connectivity index (χ0v) is 14.1. The molecule has 0 spiro atoms. The summed E-state index contributed by atoms with van der Waals surface area (Å²) < 4.78 is 0. The number of piperidine rings is 1. The van der Waals surface area contributed by atoms with Crippen LogP contribution in [0.1, 0.15) is 25.7 Å². The molecule has 0 atom stereocenters. The van der Waals surface area contributed by atoms with Crippen molar-refractivity contribution < 1.29 is 14.5 Å². The Morgan fingerprint density at radius 1 is 1.12 bits per heavy atom. The first kappa shape index (κ1) is 16.8. The number of rotatable bonds is 5. The Balaban J connectivity index is 1.46. The summed E-state index contributed by atoms with van der Waals surface area (Å²) in [4.78, 5) is 27.0. The first-order valence-corrected chi connectivity index (χ1v) is 8.89. The van der Waals surface area contributed by atoms with E-state index < -0.39 is 0 Å². The van der Waals surface area contributed by atoms with Crippen LogP contribution in [-0.4, -0.2) is 44.5 Å². The number of amides is 2. The van der Waals surface area contributed by atoms with Crippen LogP contribution in [0.15, 0.2) is 24.3 Å². The lowest BCUT2D eigenvalue weighted by atomic mass is 9.96. The van der Waals surface area contributed by atoms with Crippen molar-refractivity contribution in [3.63, 3.8) is 0 Å². The summed E-state index contributed by atoms with van der Waals surface area (Å²) in [5.41, 5.74) is 7.41. The van der Waals surface area contributed by atoms with Crippen molar-refractivity contribution in [2.75, 3.05) is 42.9 Å². The normalized spacial score (nSPS) is 23.9. The number of anilines is 2. The molecule has 24 heavy (non-hydrogen) atoms. The third-order valence-corrected chi connectivity index (χ3v) is 5.13. The molecular weight excluding hydrogens is 304 g/mol. The van der Waals surface area contributed by atoms with Gasteiger partial charge in [-0.25, -0.2) is 0 Å². The molecule has 0 unspecified atom stereocenters. The highest BCUT2D eigenvalue weighted by atomic mass is 16.2. The average Bonchev–Trinajstić information content (AvgIpc) is 3.10. The molecule has 2 aliphatic rings. The van der Waals surface area contributed by atoms with Crippen LogP contribution in [0.5, 0.6) is 0 Å². The fourth-order valence-corrected chi connectivity index (χ4v) is 3.65. The van der Waals surface area contributed by atoms with E-state index in [0.717, 1.165) is 44.7 Å². The van der Waals surface area contributed by atoms with E-state index in [1.165, 1.54) is 23.4 Å². The lowest BCUT2D eigenvalue weighted by Crippen LogP contribution is -3.14. The Kier molecular flexibility index (Phi) is 5.35. The number of hydrogen-bond acceptors (Lipinski definition) is 3. The molecule has 0 radical (unpaired) electrons. The zero-order valence-electron chi connectivity index (χ0n) is 14.1. The van der Waals surface area contributed by atoms with Gasteiger partial charge in [0.1, 0.15) is 0 Å². The number of nitrogens with zero attached hydrogens (tertiary/aromatic N) is 1. The van der Waals surface area contributed by atoms with Crippen LogP contribution >= 0.6 is 0 Å². The maximum absolute atomic E-state index is 12.2. The number of likely N-dealkylation sites (tertiary alicyclic amines) is 1. The van der Waals surface area contributed by atoms with Gasteiger partial charge in [0, 0.05) is 43.2 Å². The van der Waals surface area contributed by atoms with Crippen molar-refractivity contribution in [3.8, 4) is 0 Å². The van der Waals surface area contributed by atoms with Gasteiger partial charge >= 0.3 is 0 Å². The van der Waals surface area contributed by atoms with Gasteiger partial charge in [0.2, 0.25) is 5.91 Å². The van der Waals surface area contributed by atoms with Gasteiger partial charge in [-0.05, 0) is 37.1 Å². The van der Waals surface area contributed by atoms with Gasteiger partial charge in [-0.2, -0.15) is 0 Å². The molecule has 0 bridgehead atoms. The first-order valence-electron chi connectivity index (χ1n) is 8.89. The number of nitrogens with one attached hydrogen (secondary N) is 2. The molecule has 0 aromatic heterocycles. The Morgan fingerprint density at radius 3 is 2.33 bits per heavy atom. The standard InChI is InChI=1S/C18H26N4O2/c19-18(24)14-7-11-21(12-8-14)13-17(23)20-15-3-5-16(6-4-15)22-9-1-2-10-22/h3-6,14H,1-2,7-13H2,(H2,19,24)(H,20,23)/p+1. The molecule has 3 rings (SSSR count). The quantitative estimate of drug-likeness (QED) is 0.711.